The molecule has 0 saturated heterocycles. The zero-order valence-corrected chi connectivity index (χ0v) is 13.4. The van der Waals surface area contributed by atoms with E-state index < -0.39 is 5.97 Å². The lowest BCUT2D eigenvalue weighted by molar-refractivity contribution is 0.0475. The second-order valence-corrected chi connectivity index (χ2v) is 6.11. The molecule has 4 aromatic rings. The number of hydrogen-bond donors (Lipinski definition) is 0. The van der Waals surface area contributed by atoms with Gasteiger partial charge in [0.05, 0.1) is 16.8 Å². The van der Waals surface area contributed by atoms with Crippen molar-refractivity contribution in [3.05, 3.63) is 77.4 Å². The summed E-state index contributed by atoms with van der Waals surface area (Å²) in [4.78, 5) is 17.7. The lowest BCUT2D eigenvalue weighted by Crippen LogP contribution is -2.06. The van der Waals surface area contributed by atoms with Crippen LogP contribution in [-0.4, -0.2) is 20.6 Å². The first kappa shape index (κ1) is 14.6. The summed E-state index contributed by atoms with van der Waals surface area (Å²) in [5, 5.41) is 6.31. The number of thiophene rings is 1. The van der Waals surface area contributed by atoms with E-state index in [9.17, 15) is 4.79 Å². The van der Waals surface area contributed by atoms with Crippen LogP contribution in [0.15, 0.2) is 66.3 Å². The maximum absolute atomic E-state index is 12.4. The second kappa shape index (κ2) is 6.25. The highest BCUT2D eigenvalue weighted by atomic mass is 32.1. The van der Waals surface area contributed by atoms with Gasteiger partial charge in [0.2, 0.25) is 0 Å². The summed E-state index contributed by atoms with van der Waals surface area (Å²) in [5.41, 5.74) is 2.70. The maximum atomic E-state index is 12.4. The molecule has 3 aromatic heterocycles. The average molecular weight is 335 g/mol. The van der Waals surface area contributed by atoms with Gasteiger partial charge < -0.3 is 4.74 Å². The summed E-state index contributed by atoms with van der Waals surface area (Å²) >= 11 is 1.61. The van der Waals surface area contributed by atoms with Gasteiger partial charge in [-0.15, -0.1) is 11.3 Å². The van der Waals surface area contributed by atoms with Crippen LogP contribution >= 0.6 is 11.3 Å². The predicted octanol–water partition coefficient (Wildman–Crippen LogP) is 3.81. The van der Waals surface area contributed by atoms with Crippen LogP contribution in [0.5, 0.6) is 0 Å². The van der Waals surface area contributed by atoms with Gasteiger partial charge in [-0.2, -0.15) is 5.10 Å². The molecule has 5 nitrogen and oxygen atoms in total. The molecule has 0 atom stereocenters. The third kappa shape index (κ3) is 2.68. The normalized spacial score (nSPS) is 10.8. The van der Waals surface area contributed by atoms with E-state index in [-0.39, 0.29) is 6.61 Å². The summed E-state index contributed by atoms with van der Waals surface area (Å²) in [6.07, 6.45) is 3.19. The predicted molar refractivity (Wildman–Crippen MR) is 91.9 cm³/mol. The van der Waals surface area contributed by atoms with Crippen LogP contribution in [0.3, 0.4) is 0 Å². The number of esters is 1. The van der Waals surface area contributed by atoms with Crippen molar-refractivity contribution in [2.24, 2.45) is 0 Å². The molecule has 24 heavy (non-hydrogen) atoms. The molecule has 4 rings (SSSR count). The number of carbonyl (C=O) groups excluding carboxylic acids is 1. The topological polar surface area (TPSA) is 56.5 Å². The zero-order valence-electron chi connectivity index (χ0n) is 12.6. The number of fused-ring (bicyclic) bond motifs is 1. The first-order valence-corrected chi connectivity index (χ1v) is 8.28. The Balaban J connectivity index is 1.63. The van der Waals surface area contributed by atoms with E-state index in [1.54, 1.807) is 22.0 Å². The van der Waals surface area contributed by atoms with E-state index in [2.05, 4.69) is 10.1 Å². The Morgan fingerprint density at radius 1 is 1.12 bits per heavy atom. The van der Waals surface area contributed by atoms with E-state index in [0.29, 0.717) is 11.2 Å². The lowest BCUT2D eigenvalue weighted by atomic mass is 10.2. The number of rotatable bonds is 4. The van der Waals surface area contributed by atoms with Crippen LogP contribution in [0.25, 0.3) is 16.2 Å². The van der Waals surface area contributed by atoms with Crippen LogP contribution in [0.2, 0.25) is 0 Å². The Bertz CT molecular complexity index is 978. The minimum Gasteiger partial charge on any atom is -0.457 e. The lowest BCUT2D eigenvalue weighted by Gasteiger charge is -2.04. The molecule has 0 unspecified atom stereocenters. The molecule has 0 aliphatic heterocycles. The molecule has 3 heterocycles. The summed E-state index contributed by atoms with van der Waals surface area (Å²) < 4.78 is 7.05. The van der Waals surface area contributed by atoms with E-state index in [4.69, 9.17) is 4.74 Å². The SMILES string of the molecule is O=C(OCc1ccccc1)c1cnn2c(-c3cccs3)ccnc12. The Morgan fingerprint density at radius 2 is 2.00 bits per heavy atom. The smallest absolute Gasteiger partial charge is 0.343 e. The molecule has 0 saturated carbocycles. The van der Waals surface area contributed by atoms with Gasteiger partial charge in [-0.3, -0.25) is 0 Å². The summed E-state index contributed by atoms with van der Waals surface area (Å²) in [6.45, 7) is 0.224. The quantitative estimate of drug-likeness (QED) is 0.532. The van der Waals surface area contributed by atoms with Crippen LogP contribution in [0.1, 0.15) is 15.9 Å². The summed E-state index contributed by atoms with van der Waals surface area (Å²) in [7, 11) is 0. The summed E-state index contributed by atoms with van der Waals surface area (Å²) in [5.74, 6) is -0.426. The van der Waals surface area contributed by atoms with Gasteiger partial charge in [0.25, 0.3) is 0 Å². The van der Waals surface area contributed by atoms with E-state index in [1.807, 2.05) is 53.9 Å². The van der Waals surface area contributed by atoms with Gasteiger partial charge in [-0.05, 0) is 23.1 Å². The van der Waals surface area contributed by atoms with E-state index in [1.165, 1.54) is 6.20 Å². The third-order valence-electron chi connectivity index (χ3n) is 3.61. The molecular formula is C18H13N3O2S. The van der Waals surface area contributed by atoms with Crippen molar-refractivity contribution in [1.82, 2.24) is 14.6 Å². The van der Waals surface area contributed by atoms with Crippen LogP contribution in [-0.2, 0) is 11.3 Å². The van der Waals surface area contributed by atoms with Gasteiger partial charge >= 0.3 is 5.97 Å². The van der Waals surface area contributed by atoms with Crippen LogP contribution in [0, 0.1) is 0 Å². The zero-order chi connectivity index (χ0) is 16.4. The fourth-order valence-electron chi connectivity index (χ4n) is 2.45. The highest BCUT2D eigenvalue weighted by Gasteiger charge is 2.17. The van der Waals surface area contributed by atoms with Crippen molar-refractivity contribution in [3.8, 4) is 10.6 Å². The maximum Gasteiger partial charge on any atom is 0.343 e. The largest absolute Gasteiger partial charge is 0.457 e. The molecule has 0 radical (unpaired) electrons. The average Bonchev–Trinajstić information content (AvgIpc) is 3.30. The number of benzene rings is 1. The molecule has 1 aromatic carbocycles. The number of ether oxygens (including phenoxy) is 1. The van der Waals surface area contributed by atoms with Gasteiger partial charge in [0.15, 0.2) is 5.65 Å². The summed E-state index contributed by atoms with van der Waals surface area (Å²) in [6, 6.07) is 15.4. The first-order valence-electron chi connectivity index (χ1n) is 7.40. The first-order chi connectivity index (χ1) is 11.8. The molecular weight excluding hydrogens is 322 g/mol. The molecule has 118 valence electrons. The van der Waals surface area contributed by atoms with Gasteiger partial charge in [-0.25, -0.2) is 14.3 Å². The monoisotopic (exact) mass is 335 g/mol. The number of nitrogens with zero attached hydrogens (tertiary/aromatic N) is 3. The van der Waals surface area contributed by atoms with Gasteiger partial charge in [-0.1, -0.05) is 36.4 Å². The van der Waals surface area contributed by atoms with Gasteiger partial charge in [0, 0.05) is 6.20 Å². The van der Waals surface area contributed by atoms with Crippen molar-refractivity contribution < 1.29 is 9.53 Å². The molecule has 0 bridgehead atoms. The number of aromatic nitrogens is 3. The molecule has 0 aliphatic carbocycles. The van der Waals surface area contributed by atoms with Crippen molar-refractivity contribution in [1.29, 1.82) is 0 Å². The number of hydrogen-bond acceptors (Lipinski definition) is 5. The van der Waals surface area contributed by atoms with E-state index >= 15 is 0 Å². The molecule has 0 spiro atoms. The fourth-order valence-corrected chi connectivity index (χ4v) is 3.18. The molecule has 6 heteroatoms. The third-order valence-corrected chi connectivity index (χ3v) is 4.50. The molecule has 0 aliphatic rings. The van der Waals surface area contributed by atoms with E-state index in [0.717, 1.165) is 16.1 Å². The molecule has 0 amide bonds. The van der Waals surface area contributed by atoms with Crippen molar-refractivity contribution in [2.45, 2.75) is 6.61 Å². The molecule has 0 fully saturated rings. The Hall–Kier alpha value is -2.99. The fraction of sp³-hybridized carbons (Fsp3) is 0.0556. The second-order valence-electron chi connectivity index (χ2n) is 5.16. The minimum absolute atomic E-state index is 0.224. The van der Waals surface area contributed by atoms with Crippen molar-refractivity contribution in [3.63, 3.8) is 0 Å². The minimum atomic E-state index is -0.426. The van der Waals surface area contributed by atoms with Crippen molar-refractivity contribution >= 4 is 23.0 Å². The van der Waals surface area contributed by atoms with Crippen molar-refractivity contribution in [2.75, 3.05) is 0 Å². The Kier molecular flexibility index (Phi) is 3.80. The number of carbonyl (C=O) groups is 1. The highest BCUT2D eigenvalue weighted by molar-refractivity contribution is 7.13. The van der Waals surface area contributed by atoms with Gasteiger partial charge in [0.1, 0.15) is 12.2 Å². The van der Waals surface area contributed by atoms with Crippen LogP contribution < -0.4 is 0 Å². The standard InChI is InChI=1S/C18H13N3O2S/c22-18(23-12-13-5-2-1-3-6-13)14-11-20-21-15(8-9-19-17(14)21)16-7-4-10-24-16/h1-11H,12H2. The highest BCUT2D eigenvalue weighted by Crippen LogP contribution is 2.25. The Labute approximate surface area is 142 Å². The Morgan fingerprint density at radius 3 is 2.79 bits per heavy atom. The van der Waals surface area contributed by atoms with Crippen LogP contribution in [0.4, 0.5) is 0 Å². The molecule has 0 N–H and O–H groups in total.